The van der Waals surface area contributed by atoms with Crippen molar-refractivity contribution in [1.82, 2.24) is 4.90 Å². The SMILES string of the molecule is Cc1cccc(CCN2CC=CC(OC(=O)O)=C2SCCCc2ccc(F)cc2)c1. The second kappa shape index (κ2) is 10.9. The summed E-state index contributed by atoms with van der Waals surface area (Å²) in [5.41, 5.74) is 3.57. The molecule has 30 heavy (non-hydrogen) atoms. The summed E-state index contributed by atoms with van der Waals surface area (Å²) in [7, 11) is 0. The van der Waals surface area contributed by atoms with Crippen LogP contribution in [0.25, 0.3) is 0 Å². The van der Waals surface area contributed by atoms with E-state index in [-0.39, 0.29) is 5.82 Å². The summed E-state index contributed by atoms with van der Waals surface area (Å²) in [5, 5.41) is 9.96. The first-order valence-electron chi connectivity index (χ1n) is 10.0. The van der Waals surface area contributed by atoms with Crippen molar-refractivity contribution in [3.05, 3.63) is 94.0 Å². The van der Waals surface area contributed by atoms with E-state index in [1.54, 1.807) is 30.0 Å². The molecule has 0 bridgehead atoms. The van der Waals surface area contributed by atoms with Gasteiger partial charge in [0.05, 0.1) is 0 Å². The summed E-state index contributed by atoms with van der Waals surface area (Å²) in [6.45, 7) is 3.58. The minimum Gasteiger partial charge on any atom is -0.449 e. The van der Waals surface area contributed by atoms with Crippen LogP contribution in [0, 0.1) is 12.7 Å². The van der Waals surface area contributed by atoms with Crippen LogP contribution in [-0.4, -0.2) is 35.0 Å². The number of rotatable bonds is 9. The van der Waals surface area contributed by atoms with Crippen molar-refractivity contribution in [2.75, 3.05) is 18.8 Å². The number of ether oxygens (including phenoxy) is 1. The van der Waals surface area contributed by atoms with Crippen molar-refractivity contribution < 1.29 is 19.0 Å². The lowest BCUT2D eigenvalue weighted by Gasteiger charge is -2.29. The van der Waals surface area contributed by atoms with Crippen molar-refractivity contribution in [2.45, 2.75) is 26.2 Å². The Morgan fingerprint density at radius 1 is 1.17 bits per heavy atom. The Balaban J connectivity index is 1.62. The molecule has 2 aromatic carbocycles. The Hall–Kier alpha value is -2.73. The zero-order valence-electron chi connectivity index (χ0n) is 17.0. The molecule has 6 heteroatoms. The van der Waals surface area contributed by atoms with Crippen LogP contribution < -0.4 is 0 Å². The first kappa shape index (κ1) is 22.0. The normalized spacial score (nSPS) is 13.6. The van der Waals surface area contributed by atoms with E-state index in [9.17, 15) is 9.18 Å². The van der Waals surface area contributed by atoms with Gasteiger partial charge in [0.2, 0.25) is 0 Å². The number of carbonyl (C=O) groups is 1. The van der Waals surface area contributed by atoms with Gasteiger partial charge < -0.3 is 14.7 Å². The molecule has 0 fully saturated rings. The van der Waals surface area contributed by atoms with Crippen LogP contribution >= 0.6 is 11.8 Å². The highest BCUT2D eigenvalue weighted by Gasteiger charge is 2.20. The van der Waals surface area contributed by atoms with Crippen molar-refractivity contribution in [3.8, 4) is 0 Å². The Morgan fingerprint density at radius 3 is 2.70 bits per heavy atom. The Labute approximate surface area is 181 Å². The Morgan fingerprint density at radius 2 is 1.97 bits per heavy atom. The molecule has 2 aromatic rings. The van der Waals surface area contributed by atoms with Crippen LogP contribution in [0.2, 0.25) is 0 Å². The predicted molar refractivity (Wildman–Crippen MR) is 119 cm³/mol. The molecule has 1 N–H and O–H groups in total. The topological polar surface area (TPSA) is 49.8 Å². The van der Waals surface area contributed by atoms with Crippen LogP contribution in [0.15, 0.2) is 71.5 Å². The molecule has 4 nitrogen and oxygen atoms in total. The van der Waals surface area contributed by atoms with Gasteiger partial charge in [-0.05, 0) is 61.3 Å². The van der Waals surface area contributed by atoms with Gasteiger partial charge in [-0.3, -0.25) is 0 Å². The molecule has 1 aliphatic heterocycles. The van der Waals surface area contributed by atoms with Gasteiger partial charge >= 0.3 is 6.16 Å². The smallest absolute Gasteiger partial charge is 0.449 e. The minimum atomic E-state index is -1.31. The molecular weight excluding hydrogens is 401 g/mol. The number of aryl methyl sites for hydroxylation is 2. The molecule has 0 amide bonds. The van der Waals surface area contributed by atoms with Gasteiger partial charge in [-0.2, -0.15) is 0 Å². The molecule has 158 valence electrons. The molecule has 0 atom stereocenters. The largest absolute Gasteiger partial charge is 0.511 e. The van der Waals surface area contributed by atoms with Crippen molar-refractivity contribution in [3.63, 3.8) is 0 Å². The lowest BCUT2D eigenvalue weighted by Crippen LogP contribution is -2.28. The summed E-state index contributed by atoms with van der Waals surface area (Å²) in [6, 6.07) is 15.0. The highest BCUT2D eigenvalue weighted by Crippen LogP contribution is 2.30. The maximum Gasteiger partial charge on any atom is 0.511 e. The molecule has 1 aliphatic rings. The van der Waals surface area contributed by atoms with Crippen molar-refractivity contribution in [1.29, 1.82) is 0 Å². The number of carboxylic acid groups (broad SMARTS) is 1. The molecule has 1 heterocycles. The fourth-order valence-corrected chi connectivity index (χ4v) is 4.43. The van der Waals surface area contributed by atoms with Gasteiger partial charge in [0.15, 0.2) is 5.76 Å². The van der Waals surface area contributed by atoms with Crippen molar-refractivity contribution >= 4 is 17.9 Å². The van der Waals surface area contributed by atoms with Crippen LogP contribution in [0.4, 0.5) is 9.18 Å². The summed E-state index contributed by atoms with van der Waals surface area (Å²) in [6.07, 6.45) is 4.97. The summed E-state index contributed by atoms with van der Waals surface area (Å²) in [4.78, 5) is 13.3. The summed E-state index contributed by atoms with van der Waals surface area (Å²) in [5.74, 6) is 0.963. The number of benzene rings is 2. The number of hydrogen-bond donors (Lipinski definition) is 1. The van der Waals surface area contributed by atoms with E-state index in [0.29, 0.717) is 5.76 Å². The number of hydrogen-bond acceptors (Lipinski definition) is 4. The fraction of sp³-hybridized carbons (Fsp3) is 0.292. The lowest BCUT2D eigenvalue weighted by molar-refractivity contribution is 0.119. The molecule has 0 radical (unpaired) electrons. The monoisotopic (exact) mass is 427 g/mol. The fourth-order valence-electron chi connectivity index (χ4n) is 3.35. The molecule has 0 unspecified atom stereocenters. The third-order valence-electron chi connectivity index (χ3n) is 4.80. The standard InChI is InChI=1S/C24H26FNO3S/c1-18-5-2-6-20(17-18)13-15-26-14-3-8-22(29-24(27)28)23(26)30-16-4-7-19-9-11-21(25)12-10-19/h2-3,5-6,8-12,17H,4,7,13-16H2,1H3,(H,27,28). The van der Waals surface area contributed by atoms with E-state index in [1.807, 2.05) is 6.08 Å². The highest BCUT2D eigenvalue weighted by molar-refractivity contribution is 8.03. The summed E-state index contributed by atoms with van der Waals surface area (Å²) < 4.78 is 18.1. The van der Waals surface area contributed by atoms with Crippen LogP contribution in [-0.2, 0) is 17.6 Å². The zero-order valence-corrected chi connectivity index (χ0v) is 17.8. The second-order valence-electron chi connectivity index (χ2n) is 7.20. The van der Waals surface area contributed by atoms with E-state index in [4.69, 9.17) is 9.84 Å². The second-order valence-corrected chi connectivity index (χ2v) is 8.29. The molecule has 0 aromatic heterocycles. The van der Waals surface area contributed by atoms with Gasteiger partial charge in [-0.1, -0.05) is 48.0 Å². The minimum absolute atomic E-state index is 0.230. The number of thioether (sulfide) groups is 1. The van der Waals surface area contributed by atoms with E-state index in [1.165, 1.54) is 23.3 Å². The maximum atomic E-state index is 13.0. The summed E-state index contributed by atoms with van der Waals surface area (Å²) >= 11 is 1.61. The van der Waals surface area contributed by atoms with Gasteiger partial charge in [0, 0.05) is 13.1 Å². The van der Waals surface area contributed by atoms with Gasteiger partial charge in [-0.25, -0.2) is 9.18 Å². The maximum absolute atomic E-state index is 13.0. The first-order valence-corrected chi connectivity index (χ1v) is 11.0. The average molecular weight is 428 g/mol. The van der Waals surface area contributed by atoms with Gasteiger partial charge in [-0.15, -0.1) is 11.8 Å². The first-order chi connectivity index (χ1) is 14.5. The highest BCUT2D eigenvalue weighted by atomic mass is 32.2. The number of halogens is 1. The third-order valence-corrected chi connectivity index (χ3v) is 6.03. The van der Waals surface area contributed by atoms with E-state index >= 15 is 0 Å². The van der Waals surface area contributed by atoms with Crippen LogP contribution in [0.5, 0.6) is 0 Å². The lowest BCUT2D eigenvalue weighted by atomic mass is 10.1. The molecular formula is C24H26FNO3S. The number of allylic oxidation sites excluding steroid dienone is 1. The third kappa shape index (κ3) is 6.66. The van der Waals surface area contributed by atoms with E-state index in [2.05, 4.69) is 36.1 Å². The van der Waals surface area contributed by atoms with Crippen LogP contribution in [0.3, 0.4) is 0 Å². The van der Waals surface area contributed by atoms with Crippen molar-refractivity contribution in [2.24, 2.45) is 0 Å². The van der Waals surface area contributed by atoms with Gasteiger partial charge in [0.25, 0.3) is 0 Å². The quantitative estimate of drug-likeness (QED) is 0.406. The Kier molecular flexibility index (Phi) is 7.97. The van der Waals surface area contributed by atoms with Gasteiger partial charge in [0.1, 0.15) is 10.8 Å². The van der Waals surface area contributed by atoms with Crippen LogP contribution in [0.1, 0.15) is 23.1 Å². The zero-order chi connectivity index (χ0) is 21.3. The molecule has 0 saturated carbocycles. The average Bonchev–Trinajstić information content (AvgIpc) is 2.72. The molecule has 3 rings (SSSR count). The molecule has 0 saturated heterocycles. The van der Waals surface area contributed by atoms with E-state index in [0.717, 1.165) is 48.7 Å². The number of nitrogens with zero attached hydrogens (tertiary/aromatic N) is 1. The molecule has 0 spiro atoms. The predicted octanol–water partition coefficient (Wildman–Crippen LogP) is 5.78. The molecule has 0 aliphatic carbocycles. The Bertz CT molecular complexity index is 924. The van der Waals surface area contributed by atoms with E-state index < -0.39 is 6.16 Å².